The molecule has 1 amide bonds. The Morgan fingerprint density at radius 2 is 1.91 bits per heavy atom. The van der Waals surface area contributed by atoms with E-state index in [0.29, 0.717) is 0 Å². The number of aryl methyl sites for hydroxylation is 2. The van der Waals surface area contributed by atoms with Gasteiger partial charge in [0.15, 0.2) is 5.11 Å². The van der Waals surface area contributed by atoms with Gasteiger partial charge < -0.3 is 5.32 Å². The van der Waals surface area contributed by atoms with Gasteiger partial charge in [0, 0.05) is 23.4 Å². The van der Waals surface area contributed by atoms with Crippen molar-refractivity contribution < 1.29 is 9.72 Å². The highest BCUT2D eigenvalue weighted by atomic mass is 32.1. The quantitative estimate of drug-likeness (QED) is 0.512. The molecular weight excluding hydrogens is 314 g/mol. The first-order valence-corrected chi connectivity index (χ1v) is 7.21. The first-order chi connectivity index (χ1) is 10.9. The zero-order valence-corrected chi connectivity index (χ0v) is 13.4. The number of anilines is 1. The molecule has 0 aliphatic rings. The molecule has 7 heteroatoms. The van der Waals surface area contributed by atoms with Crippen LogP contribution in [0.3, 0.4) is 0 Å². The lowest BCUT2D eigenvalue weighted by Gasteiger charge is -2.12. The summed E-state index contributed by atoms with van der Waals surface area (Å²) in [6.07, 6.45) is 0. The molecule has 2 aromatic rings. The lowest BCUT2D eigenvalue weighted by molar-refractivity contribution is -0.384. The van der Waals surface area contributed by atoms with E-state index in [-0.39, 0.29) is 16.4 Å². The molecule has 0 fully saturated rings. The molecule has 0 aliphatic carbocycles. The number of nitro groups is 1. The molecule has 118 valence electrons. The molecule has 6 nitrogen and oxygen atoms in total. The molecule has 0 bridgehead atoms. The summed E-state index contributed by atoms with van der Waals surface area (Å²) in [5.74, 6) is -0.504. The molecule has 0 unspecified atom stereocenters. The van der Waals surface area contributed by atoms with Crippen molar-refractivity contribution in [2.45, 2.75) is 13.8 Å². The fourth-order valence-electron chi connectivity index (χ4n) is 2.04. The minimum Gasteiger partial charge on any atom is -0.332 e. The Kier molecular flexibility index (Phi) is 5.02. The van der Waals surface area contributed by atoms with Gasteiger partial charge in [0.1, 0.15) is 0 Å². The topological polar surface area (TPSA) is 84.3 Å². The Hall–Kier alpha value is -2.80. The number of rotatable bonds is 3. The van der Waals surface area contributed by atoms with Crippen LogP contribution in [0.1, 0.15) is 21.5 Å². The maximum Gasteiger partial charge on any atom is 0.270 e. The first-order valence-electron chi connectivity index (χ1n) is 6.81. The van der Waals surface area contributed by atoms with E-state index in [0.717, 1.165) is 16.8 Å². The van der Waals surface area contributed by atoms with E-state index < -0.39 is 10.8 Å². The van der Waals surface area contributed by atoms with Gasteiger partial charge >= 0.3 is 0 Å². The third-order valence-corrected chi connectivity index (χ3v) is 3.38. The van der Waals surface area contributed by atoms with E-state index in [1.807, 2.05) is 32.0 Å². The van der Waals surface area contributed by atoms with Crippen LogP contribution < -0.4 is 10.6 Å². The van der Waals surface area contributed by atoms with Crippen LogP contribution in [0.2, 0.25) is 0 Å². The van der Waals surface area contributed by atoms with Crippen molar-refractivity contribution in [1.29, 1.82) is 0 Å². The normalized spacial score (nSPS) is 10.0. The molecule has 0 heterocycles. The minimum atomic E-state index is -0.553. The van der Waals surface area contributed by atoms with Gasteiger partial charge in [-0.1, -0.05) is 23.8 Å². The maximum atomic E-state index is 12.1. The fourth-order valence-corrected chi connectivity index (χ4v) is 2.25. The molecule has 2 N–H and O–H groups in total. The van der Waals surface area contributed by atoms with Gasteiger partial charge in [-0.2, -0.15) is 0 Å². The molecule has 2 aromatic carbocycles. The van der Waals surface area contributed by atoms with Crippen LogP contribution in [-0.4, -0.2) is 15.9 Å². The molecule has 0 saturated carbocycles. The lowest BCUT2D eigenvalue weighted by atomic mass is 10.1. The number of non-ortho nitro benzene ring substituents is 1. The summed E-state index contributed by atoms with van der Waals surface area (Å²) in [4.78, 5) is 22.3. The van der Waals surface area contributed by atoms with E-state index in [2.05, 4.69) is 10.6 Å². The Morgan fingerprint density at radius 1 is 1.17 bits per heavy atom. The number of nitrogens with zero attached hydrogens (tertiary/aromatic N) is 1. The Labute approximate surface area is 138 Å². The van der Waals surface area contributed by atoms with Crippen LogP contribution in [0.4, 0.5) is 11.4 Å². The van der Waals surface area contributed by atoms with Crippen molar-refractivity contribution in [1.82, 2.24) is 5.32 Å². The number of hydrogen-bond acceptors (Lipinski definition) is 4. The second-order valence-corrected chi connectivity index (χ2v) is 5.44. The summed E-state index contributed by atoms with van der Waals surface area (Å²) in [6.45, 7) is 3.92. The molecule has 23 heavy (non-hydrogen) atoms. The predicted octanol–water partition coefficient (Wildman–Crippen LogP) is 3.34. The summed E-state index contributed by atoms with van der Waals surface area (Å²) in [5.41, 5.74) is 2.94. The van der Waals surface area contributed by atoms with Crippen molar-refractivity contribution in [3.05, 3.63) is 69.3 Å². The van der Waals surface area contributed by atoms with E-state index in [4.69, 9.17) is 12.2 Å². The summed E-state index contributed by atoms with van der Waals surface area (Å²) < 4.78 is 0. The fraction of sp³-hybridized carbons (Fsp3) is 0.125. The second kappa shape index (κ2) is 6.97. The van der Waals surface area contributed by atoms with Crippen LogP contribution >= 0.6 is 12.2 Å². The van der Waals surface area contributed by atoms with Gasteiger partial charge in [-0.3, -0.25) is 20.2 Å². The molecule has 0 radical (unpaired) electrons. The van der Waals surface area contributed by atoms with Gasteiger partial charge in [0.25, 0.3) is 11.6 Å². The predicted molar refractivity (Wildman–Crippen MR) is 92.7 cm³/mol. The summed E-state index contributed by atoms with van der Waals surface area (Å²) in [6, 6.07) is 11.3. The number of carbonyl (C=O) groups is 1. The summed E-state index contributed by atoms with van der Waals surface area (Å²) in [7, 11) is 0. The molecule has 0 aliphatic heterocycles. The Balaban J connectivity index is 2.06. The standard InChI is InChI=1S/C16H15N3O3S/c1-10-6-7-14(11(2)8-10)17-16(23)18-15(20)12-4-3-5-13(9-12)19(21)22/h3-9H,1-2H3,(H2,17,18,20,23). The lowest BCUT2D eigenvalue weighted by Crippen LogP contribution is -2.34. The van der Waals surface area contributed by atoms with Gasteiger partial charge in [-0.25, -0.2) is 0 Å². The number of carbonyl (C=O) groups excluding carboxylic acids is 1. The Bertz CT molecular complexity index is 790. The van der Waals surface area contributed by atoms with Gasteiger partial charge in [0.05, 0.1) is 4.92 Å². The second-order valence-electron chi connectivity index (χ2n) is 5.03. The van der Waals surface area contributed by atoms with Crippen molar-refractivity contribution in [2.24, 2.45) is 0 Å². The zero-order valence-electron chi connectivity index (χ0n) is 12.6. The van der Waals surface area contributed by atoms with E-state index in [1.165, 1.54) is 24.3 Å². The number of nitro benzene ring substituents is 1. The van der Waals surface area contributed by atoms with Crippen LogP contribution in [0.25, 0.3) is 0 Å². The highest BCUT2D eigenvalue weighted by Gasteiger charge is 2.13. The smallest absolute Gasteiger partial charge is 0.270 e. The number of hydrogen-bond donors (Lipinski definition) is 2. The monoisotopic (exact) mass is 329 g/mol. The van der Waals surface area contributed by atoms with Crippen LogP contribution in [-0.2, 0) is 0 Å². The Morgan fingerprint density at radius 3 is 2.57 bits per heavy atom. The largest absolute Gasteiger partial charge is 0.332 e. The molecule has 0 spiro atoms. The number of benzene rings is 2. The van der Waals surface area contributed by atoms with Gasteiger partial charge in [0.2, 0.25) is 0 Å². The van der Waals surface area contributed by atoms with Gasteiger partial charge in [-0.05, 0) is 43.8 Å². The molecule has 0 atom stereocenters. The SMILES string of the molecule is Cc1ccc(NC(=S)NC(=O)c2cccc([N+](=O)[O-])c2)c(C)c1. The maximum absolute atomic E-state index is 12.1. The summed E-state index contributed by atoms with van der Waals surface area (Å²) >= 11 is 5.11. The van der Waals surface area contributed by atoms with E-state index >= 15 is 0 Å². The molecule has 2 rings (SSSR count). The number of amides is 1. The highest BCUT2D eigenvalue weighted by Crippen LogP contribution is 2.16. The number of thiocarbonyl (C=S) groups is 1. The minimum absolute atomic E-state index is 0.133. The molecule has 0 saturated heterocycles. The number of nitrogens with one attached hydrogen (secondary N) is 2. The van der Waals surface area contributed by atoms with Crippen molar-refractivity contribution in [2.75, 3.05) is 5.32 Å². The first kappa shape index (κ1) is 16.6. The van der Waals surface area contributed by atoms with Crippen molar-refractivity contribution in [3.8, 4) is 0 Å². The highest BCUT2D eigenvalue weighted by molar-refractivity contribution is 7.80. The van der Waals surface area contributed by atoms with Gasteiger partial charge in [-0.15, -0.1) is 0 Å². The zero-order chi connectivity index (χ0) is 17.0. The van der Waals surface area contributed by atoms with Crippen molar-refractivity contribution >= 4 is 34.6 Å². The molecule has 0 aromatic heterocycles. The average Bonchev–Trinajstić information content (AvgIpc) is 2.50. The summed E-state index contributed by atoms with van der Waals surface area (Å²) in [5, 5.41) is 16.3. The van der Waals surface area contributed by atoms with Crippen molar-refractivity contribution in [3.63, 3.8) is 0 Å². The van der Waals surface area contributed by atoms with Crippen LogP contribution in [0.5, 0.6) is 0 Å². The third-order valence-electron chi connectivity index (χ3n) is 3.18. The van der Waals surface area contributed by atoms with Crippen LogP contribution in [0.15, 0.2) is 42.5 Å². The molecular formula is C16H15N3O3S. The average molecular weight is 329 g/mol. The van der Waals surface area contributed by atoms with E-state index in [1.54, 1.807) is 0 Å². The van der Waals surface area contributed by atoms with Crippen LogP contribution in [0, 0.1) is 24.0 Å². The van der Waals surface area contributed by atoms with E-state index in [9.17, 15) is 14.9 Å². The third kappa shape index (κ3) is 4.33.